The largest absolute Gasteiger partial charge is 0.369 e. The van der Waals surface area contributed by atoms with Crippen molar-refractivity contribution in [1.82, 2.24) is 25.1 Å². The lowest BCUT2D eigenvalue weighted by Gasteiger charge is -2.36. The second-order valence-corrected chi connectivity index (χ2v) is 6.70. The Morgan fingerprint density at radius 1 is 1.28 bits per heavy atom. The van der Waals surface area contributed by atoms with E-state index in [4.69, 9.17) is 5.73 Å². The van der Waals surface area contributed by atoms with Crippen LogP contribution in [0.3, 0.4) is 0 Å². The summed E-state index contributed by atoms with van der Waals surface area (Å²) in [5.41, 5.74) is 6.64. The van der Waals surface area contributed by atoms with Crippen LogP contribution in [0.2, 0.25) is 0 Å². The van der Waals surface area contributed by atoms with Gasteiger partial charge in [0.05, 0.1) is 12.6 Å². The van der Waals surface area contributed by atoms with Gasteiger partial charge in [-0.2, -0.15) is 0 Å². The third-order valence-electron chi connectivity index (χ3n) is 4.97. The Balaban J connectivity index is 1.75. The smallest absolute Gasteiger partial charge is 0.220 e. The normalized spacial score (nSPS) is 17.5. The fourth-order valence-electron chi connectivity index (χ4n) is 3.56. The number of carbonyl (C=O) groups is 1. The van der Waals surface area contributed by atoms with Crippen LogP contribution in [0.25, 0.3) is 0 Å². The van der Waals surface area contributed by atoms with E-state index in [1.54, 1.807) is 0 Å². The van der Waals surface area contributed by atoms with Crippen molar-refractivity contribution < 1.29 is 4.79 Å². The minimum absolute atomic E-state index is 0.00107. The zero-order chi connectivity index (χ0) is 17.6. The molecule has 7 heteroatoms. The highest BCUT2D eigenvalue weighted by Gasteiger charge is 2.30. The fraction of sp³-hybridized carbons (Fsp3) is 0.556. The van der Waals surface area contributed by atoms with Gasteiger partial charge in [-0.25, -0.2) is 4.68 Å². The summed E-state index contributed by atoms with van der Waals surface area (Å²) in [7, 11) is 0. The molecule has 0 saturated carbocycles. The van der Waals surface area contributed by atoms with E-state index >= 15 is 0 Å². The molecule has 1 aliphatic heterocycles. The lowest BCUT2D eigenvalue weighted by atomic mass is 9.94. The van der Waals surface area contributed by atoms with Crippen LogP contribution < -0.4 is 5.73 Å². The molecule has 1 amide bonds. The highest BCUT2D eigenvalue weighted by Crippen LogP contribution is 2.29. The van der Waals surface area contributed by atoms with Crippen molar-refractivity contribution in [3.63, 3.8) is 0 Å². The molecule has 0 bridgehead atoms. The maximum atomic E-state index is 11.4. The predicted octanol–water partition coefficient (Wildman–Crippen LogP) is 1.76. The van der Waals surface area contributed by atoms with Gasteiger partial charge in [0.25, 0.3) is 0 Å². The van der Waals surface area contributed by atoms with E-state index in [-0.39, 0.29) is 17.9 Å². The number of amides is 1. The van der Waals surface area contributed by atoms with Gasteiger partial charge in [-0.3, -0.25) is 9.69 Å². The molecular weight excluding hydrogens is 316 g/mol. The molecule has 0 spiro atoms. The highest BCUT2D eigenvalue weighted by molar-refractivity contribution is 5.76. The van der Waals surface area contributed by atoms with Crippen LogP contribution in [0, 0.1) is 5.92 Å². The van der Waals surface area contributed by atoms with E-state index in [0.29, 0.717) is 6.54 Å². The molecule has 0 radical (unpaired) electrons. The molecule has 1 aliphatic rings. The number of rotatable bonds is 7. The van der Waals surface area contributed by atoms with E-state index in [9.17, 15) is 4.79 Å². The Bertz CT molecular complexity index is 678. The second-order valence-electron chi connectivity index (χ2n) is 6.70. The van der Waals surface area contributed by atoms with Crippen LogP contribution in [0.15, 0.2) is 30.3 Å². The van der Waals surface area contributed by atoms with Gasteiger partial charge in [0.1, 0.15) is 0 Å². The standard InChI is InChI=1S/C18H26N6O/c1-2-6-16(23-11-9-15(10-12-23)17(19)25)18-20-21-22-24(18)13-14-7-4-3-5-8-14/h3-5,7-8,15-16H,2,6,9-13H2,1H3,(H2,19,25)/t16-/m1/s1. The van der Waals surface area contributed by atoms with Crippen molar-refractivity contribution in [3.8, 4) is 0 Å². The summed E-state index contributed by atoms with van der Waals surface area (Å²) in [4.78, 5) is 13.8. The van der Waals surface area contributed by atoms with E-state index in [1.807, 2.05) is 22.9 Å². The number of likely N-dealkylation sites (tertiary alicyclic amines) is 1. The minimum Gasteiger partial charge on any atom is -0.369 e. The van der Waals surface area contributed by atoms with E-state index < -0.39 is 0 Å². The number of primary amides is 1. The van der Waals surface area contributed by atoms with Gasteiger partial charge in [-0.15, -0.1) is 5.10 Å². The molecule has 1 atom stereocenters. The van der Waals surface area contributed by atoms with Crippen molar-refractivity contribution in [2.75, 3.05) is 13.1 Å². The summed E-state index contributed by atoms with van der Waals surface area (Å²) in [5, 5.41) is 12.5. The Morgan fingerprint density at radius 2 is 2.00 bits per heavy atom. The quantitative estimate of drug-likeness (QED) is 0.828. The number of benzene rings is 1. The van der Waals surface area contributed by atoms with Crippen molar-refractivity contribution in [2.45, 2.75) is 45.2 Å². The van der Waals surface area contributed by atoms with Gasteiger partial charge in [0.15, 0.2) is 5.82 Å². The van der Waals surface area contributed by atoms with E-state index in [2.05, 4.69) is 39.5 Å². The summed E-state index contributed by atoms with van der Waals surface area (Å²) in [5.74, 6) is 0.725. The Hall–Kier alpha value is -2.28. The number of nitrogens with two attached hydrogens (primary N) is 1. The van der Waals surface area contributed by atoms with Gasteiger partial charge < -0.3 is 5.73 Å². The summed E-state index contributed by atoms with van der Waals surface area (Å²) in [6.45, 7) is 4.56. The SMILES string of the molecule is CCC[C@H](c1nnnn1Cc1ccccc1)N1CCC(C(N)=O)CC1. The molecule has 0 unspecified atom stereocenters. The van der Waals surface area contributed by atoms with Gasteiger partial charge in [0.2, 0.25) is 5.91 Å². The van der Waals surface area contributed by atoms with Crippen LogP contribution in [-0.4, -0.2) is 44.1 Å². The Morgan fingerprint density at radius 3 is 2.64 bits per heavy atom. The maximum Gasteiger partial charge on any atom is 0.220 e. The lowest BCUT2D eigenvalue weighted by molar-refractivity contribution is -0.123. The monoisotopic (exact) mass is 342 g/mol. The first-order valence-corrected chi connectivity index (χ1v) is 9.02. The van der Waals surface area contributed by atoms with Crippen LogP contribution in [0.4, 0.5) is 0 Å². The number of hydrogen-bond donors (Lipinski definition) is 1. The molecule has 3 rings (SSSR count). The fourth-order valence-corrected chi connectivity index (χ4v) is 3.56. The average Bonchev–Trinajstić information content (AvgIpc) is 3.08. The highest BCUT2D eigenvalue weighted by atomic mass is 16.1. The number of hydrogen-bond acceptors (Lipinski definition) is 5. The molecular formula is C18H26N6O. The summed E-state index contributed by atoms with van der Waals surface area (Å²) in [6, 6.07) is 10.4. The van der Waals surface area contributed by atoms with Gasteiger partial charge in [-0.05, 0) is 48.3 Å². The topological polar surface area (TPSA) is 89.9 Å². The van der Waals surface area contributed by atoms with Crippen molar-refractivity contribution in [2.24, 2.45) is 11.7 Å². The molecule has 2 N–H and O–H groups in total. The summed E-state index contributed by atoms with van der Waals surface area (Å²) >= 11 is 0. The molecule has 1 aromatic carbocycles. The molecule has 1 aromatic heterocycles. The lowest BCUT2D eigenvalue weighted by Crippen LogP contribution is -2.41. The third-order valence-corrected chi connectivity index (χ3v) is 4.97. The number of nitrogens with zero attached hydrogens (tertiary/aromatic N) is 5. The van der Waals surface area contributed by atoms with Gasteiger partial charge in [-0.1, -0.05) is 43.7 Å². The zero-order valence-corrected chi connectivity index (χ0v) is 14.7. The van der Waals surface area contributed by atoms with Crippen molar-refractivity contribution in [3.05, 3.63) is 41.7 Å². The summed E-state index contributed by atoms with van der Waals surface area (Å²) < 4.78 is 1.90. The minimum atomic E-state index is -0.180. The van der Waals surface area contributed by atoms with E-state index in [0.717, 1.165) is 44.6 Å². The first-order chi connectivity index (χ1) is 12.2. The van der Waals surface area contributed by atoms with Crippen LogP contribution >= 0.6 is 0 Å². The molecule has 2 heterocycles. The van der Waals surface area contributed by atoms with Gasteiger partial charge in [0, 0.05) is 5.92 Å². The number of carbonyl (C=O) groups excluding carboxylic acids is 1. The predicted molar refractivity (Wildman–Crippen MR) is 94.5 cm³/mol. The van der Waals surface area contributed by atoms with Crippen molar-refractivity contribution >= 4 is 5.91 Å². The molecule has 7 nitrogen and oxygen atoms in total. The summed E-state index contributed by atoms with van der Waals surface area (Å²) in [6.07, 6.45) is 3.68. The zero-order valence-electron chi connectivity index (χ0n) is 14.7. The molecule has 2 aromatic rings. The number of piperidine rings is 1. The molecule has 1 saturated heterocycles. The maximum absolute atomic E-state index is 11.4. The van der Waals surface area contributed by atoms with Crippen LogP contribution in [0.1, 0.15) is 50.0 Å². The van der Waals surface area contributed by atoms with Crippen LogP contribution in [0.5, 0.6) is 0 Å². The molecule has 25 heavy (non-hydrogen) atoms. The van der Waals surface area contributed by atoms with Gasteiger partial charge >= 0.3 is 0 Å². The molecule has 0 aliphatic carbocycles. The molecule has 1 fully saturated rings. The number of tetrazole rings is 1. The Labute approximate surface area is 148 Å². The first-order valence-electron chi connectivity index (χ1n) is 9.02. The second kappa shape index (κ2) is 8.20. The van der Waals surface area contributed by atoms with E-state index in [1.165, 1.54) is 5.56 Å². The first kappa shape index (κ1) is 17.5. The molecule has 134 valence electrons. The average molecular weight is 342 g/mol. The van der Waals surface area contributed by atoms with Crippen molar-refractivity contribution in [1.29, 1.82) is 0 Å². The number of aromatic nitrogens is 4. The third kappa shape index (κ3) is 4.22. The Kier molecular flexibility index (Phi) is 5.75. The van der Waals surface area contributed by atoms with Crippen LogP contribution in [-0.2, 0) is 11.3 Å².